The van der Waals surface area contributed by atoms with E-state index in [1.54, 1.807) is 44.2 Å². The number of ether oxygens (including phenoxy) is 2. The minimum Gasteiger partial charge on any atom is -0.462 e. The van der Waals surface area contributed by atoms with Gasteiger partial charge in [-0.25, -0.2) is 13.2 Å². The number of aryl methyl sites for hydroxylation is 1. The molecule has 0 radical (unpaired) electrons. The Bertz CT molecular complexity index is 1050. The van der Waals surface area contributed by atoms with Crippen molar-refractivity contribution in [1.82, 2.24) is 4.31 Å². The van der Waals surface area contributed by atoms with E-state index in [1.165, 1.54) is 16.4 Å². The van der Waals surface area contributed by atoms with Crippen molar-refractivity contribution in [1.29, 1.82) is 0 Å². The van der Waals surface area contributed by atoms with Crippen LogP contribution in [0.3, 0.4) is 0 Å². The normalized spacial score (nSPS) is 14.9. The van der Waals surface area contributed by atoms with Gasteiger partial charge in [0.05, 0.1) is 30.3 Å². The quantitative estimate of drug-likeness (QED) is 0.704. The third-order valence-electron chi connectivity index (χ3n) is 4.67. The largest absolute Gasteiger partial charge is 0.462 e. The molecule has 1 aliphatic heterocycles. The number of nitrogens with zero attached hydrogens (tertiary/aromatic N) is 1. The van der Waals surface area contributed by atoms with Crippen LogP contribution in [0.2, 0.25) is 0 Å². The summed E-state index contributed by atoms with van der Waals surface area (Å²) in [5.74, 6) is -0.961. The molecule has 1 N–H and O–H groups in total. The second-order valence-electron chi connectivity index (χ2n) is 6.75. The van der Waals surface area contributed by atoms with Crippen LogP contribution in [0.5, 0.6) is 0 Å². The zero-order chi connectivity index (χ0) is 21.7. The molecule has 0 unspecified atom stereocenters. The molecule has 1 fully saturated rings. The van der Waals surface area contributed by atoms with E-state index in [-0.39, 0.29) is 30.2 Å². The first-order valence-electron chi connectivity index (χ1n) is 9.60. The minimum absolute atomic E-state index is 0.0947. The van der Waals surface area contributed by atoms with Crippen molar-refractivity contribution in [3.8, 4) is 0 Å². The fraction of sp³-hybridized carbons (Fsp3) is 0.333. The van der Waals surface area contributed by atoms with Gasteiger partial charge in [-0.2, -0.15) is 4.31 Å². The van der Waals surface area contributed by atoms with Gasteiger partial charge in [0, 0.05) is 24.3 Å². The molecule has 3 rings (SSSR count). The zero-order valence-electron chi connectivity index (χ0n) is 16.9. The summed E-state index contributed by atoms with van der Waals surface area (Å²) in [6.45, 7) is 4.89. The number of morpholine rings is 1. The highest BCUT2D eigenvalue weighted by molar-refractivity contribution is 7.89. The van der Waals surface area contributed by atoms with E-state index in [0.717, 1.165) is 0 Å². The first-order chi connectivity index (χ1) is 14.3. The monoisotopic (exact) mass is 432 g/mol. The molecular weight excluding hydrogens is 408 g/mol. The standard InChI is InChI=1S/C21H24N2O6S/c1-3-29-21(25)17-5-4-6-18(13-17)22-20(24)16-8-7-15(2)19(14-16)30(26,27)23-9-11-28-12-10-23/h4-8,13-14H,3,9-12H2,1-2H3,(H,22,24). The molecule has 0 aromatic heterocycles. The van der Waals surface area contributed by atoms with Crippen molar-refractivity contribution in [3.63, 3.8) is 0 Å². The molecule has 1 saturated heterocycles. The van der Waals surface area contributed by atoms with E-state index in [0.29, 0.717) is 30.0 Å². The van der Waals surface area contributed by atoms with Crippen molar-refractivity contribution in [3.05, 3.63) is 59.2 Å². The first-order valence-corrected chi connectivity index (χ1v) is 11.0. The molecule has 0 bridgehead atoms. The number of anilines is 1. The molecule has 0 aliphatic carbocycles. The number of amides is 1. The number of sulfonamides is 1. The van der Waals surface area contributed by atoms with Gasteiger partial charge in [0.2, 0.25) is 10.0 Å². The van der Waals surface area contributed by atoms with E-state index in [2.05, 4.69) is 5.32 Å². The minimum atomic E-state index is -3.73. The Morgan fingerprint density at radius 1 is 1.10 bits per heavy atom. The summed E-state index contributed by atoms with van der Waals surface area (Å²) >= 11 is 0. The molecule has 30 heavy (non-hydrogen) atoms. The van der Waals surface area contributed by atoms with Crippen LogP contribution in [-0.4, -0.2) is 57.5 Å². The molecule has 1 amide bonds. The van der Waals surface area contributed by atoms with Crippen LogP contribution in [0.4, 0.5) is 5.69 Å². The van der Waals surface area contributed by atoms with Gasteiger partial charge in [0.15, 0.2) is 0 Å². The van der Waals surface area contributed by atoms with Crippen LogP contribution in [0.25, 0.3) is 0 Å². The lowest BCUT2D eigenvalue weighted by molar-refractivity contribution is 0.0526. The maximum absolute atomic E-state index is 13.0. The van der Waals surface area contributed by atoms with Crippen molar-refractivity contribution < 1.29 is 27.5 Å². The van der Waals surface area contributed by atoms with Crippen molar-refractivity contribution >= 4 is 27.6 Å². The maximum atomic E-state index is 13.0. The average molecular weight is 432 g/mol. The molecule has 160 valence electrons. The summed E-state index contributed by atoms with van der Waals surface area (Å²) in [5.41, 5.74) is 1.48. The lowest BCUT2D eigenvalue weighted by atomic mass is 10.1. The van der Waals surface area contributed by atoms with Crippen LogP contribution >= 0.6 is 0 Å². The van der Waals surface area contributed by atoms with Gasteiger partial charge in [-0.15, -0.1) is 0 Å². The summed E-state index contributed by atoms with van der Waals surface area (Å²) < 4.78 is 37.6. The van der Waals surface area contributed by atoms with Crippen LogP contribution in [0.1, 0.15) is 33.2 Å². The predicted molar refractivity (Wildman–Crippen MR) is 111 cm³/mol. The smallest absolute Gasteiger partial charge is 0.338 e. The van der Waals surface area contributed by atoms with Crippen LogP contribution in [0.15, 0.2) is 47.4 Å². The molecule has 8 nitrogen and oxygen atoms in total. The summed E-state index contributed by atoms with van der Waals surface area (Å²) in [5, 5.41) is 2.70. The summed E-state index contributed by atoms with van der Waals surface area (Å²) in [7, 11) is -3.73. The van der Waals surface area contributed by atoms with E-state index in [4.69, 9.17) is 9.47 Å². The number of hydrogen-bond donors (Lipinski definition) is 1. The molecule has 0 atom stereocenters. The summed E-state index contributed by atoms with van der Waals surface area (Å²) in [6.07, 6.45) is 0. The molecule has 0 saturated carbocycles. The molecule has 0 spiro atoms. The van der Waals surface area contributed by atoms with E-state index in [1.807, 2.05) is 0 Å². The predicted octanol–water partition coefficient (Wildman–Crippen LogP) is 2.44. The van der Waals surface area contributed by atoms with Gasteiger partial charge in [-0.1, -0.05) is 12.1 Å². The summed E-state index contributed by atoms with van der Waals surface area (Å²) in [6, 6.07) is 10.9. The number of rotatable bonds is 6. The van der Waals surface area contributed by atoms with Crippen molar-refractivity contribution in [2.24, 2.45) is 0 Å². The Morgan fingerprint density at radius 3 is 2.53 bits per heavy atom. The van der Waals surface area contributed by atoms with Crippen molar-refractivity contribution in [2.75, 3.05) is 38.2 Å². The third kappa shape index (κ3) is 4.86. The number of esters is 1. The maximum Gasteiger partial charge on any atom is 0.338 e. The lowest BCUT2D eigenvalue weighted by Crippen LogP contribution is -2.40. The Labute approximate surface area is 175 Å². The highest BCUT2D eigenvalue weighted by Crippen LogP contribution is 2.23. The lowest BCUT2D eigenvalue weighted by Gasteiger charge is -2.26. The van der Waals surface area contributed by atoms with Gasteiger partial charge in [-0.3, -0.25) is 4.79 Å². The molecule has 1 aliphatic rings. The molecule has 2 aromatic carbocycles. The second-order valence-corrected chi connectivity index (χ2v) is 8.66. The highest BCUT2D eigenvalue weighted by atomic mass is 32.2. The van der Waals surface area contributed by atoms with E-state index >= 15 is 0 Å². The van der Waals surface area contributed by atoms with E-state index in [9.17, 15) is 18.0 Å². The fourth-order valence-electron chi connectivity index (χ4n) is 3.09. The van der Waals surface area contributed by atoms with E-state index < -0.39 is 21.9 Å². The number of carbonyl (C=O) groups excluding carboxylic acids is 2. The number of carbonyl (C=O) groups is 2. The van der Waals surface area contributed by atoms with Gasteiger partial charge < -0.3 is 14.8 Å². The Morgan fingerprint density at radius 2 is 1.83 bits per heavy atom. The average Bonchev–Trinajstić information content (AvgIpc) is 2.75. The van der Waals surface area contributed by atoms with Crippen LogP contribution in [0, 0.1) is 6.92 Å². The first kappa shape index (κ1) is 21.9. The van der Waals surface area contributed by atoms with Gasteiger partial charge in [0.25, 0.3) is 5.91 Å². The van der Waals surface area contributed by atoms with Gasteiger partial charge in [0.1, 0.15) is 0 Å². The zero-order valence-corrected chi connectivity index (χ0v) is 17.7. The van der Waals surface area contributed by atoms with Crippen LogP contribution < -0.4 is 5.32 Å². The Kier molecular flexibility index (Phi) is 6.86. The van der Waals surface area contributed by atoms with Gasteiger partial charge >= 0.3 is 5.97 Å². The van der Waals surface area contributed by atoms with Gasteiger partial charge in [-0.05, 0) is 49.7 Å². The SMILES string of the molecule is CCOC(=O)c1cccc(NC(=O)c2ccc(C)c(S(=O)(=O)N3CCOCC3)c2)c1. The topological polar surface area (TPSA) is 102 Å². The molecule has 1 heterocycles. The highest BCUT2D eigenvalue weighted by Gasteiger charge is 2.28. The third-order valence-corrected chi connectivity index (χ3v) is 6.71. The summed E-state index contributed by atoms with van der Waals surface area (Å²) in [4.78, 5) is 24.7. The number of hydrogen-bond acceptors (Lipinski definition) is 6. The van der Waals surface area contributed by atoms with Crippen LogP contribution in [-0.2, 0) is 19.5 Å². The number of benzene rings is 2. The molecule has 2 aromatic rings. The second kappa shape index (κ2) is 9.38. The Hall–Kier alpha value is -2.75. The number of nitrogens with one attached hydrogen (secondary N) is 1. The fourth-order valence-corrected chi connectivity index (χ4v) is 4.75. The molecule has 9 heteroatoms. The molecular formula is C21H24N2O6S. The van der Waals surface area contributed by atoms with Crippen molar-refractivity contribution in [2.45, 2.75) is 18.7 Å². The Balaban J connectivity index is 1.83.